The number of rotatable bonds is 10. The first-order valence-corrected chi connectivity index (χ1v) is 12.6. The van der Waals surface area contributed by atoms with Gasteiger partial charge in [0.2, 0.25) is 5.69 Å². The summed E-state index contributed by atoms with van der Waals surface area (Å²) >= 11 is 0. The number of hydrogen-bond donors (Lipinski definition) is 1. The Morgan fingerprint density at radius 1 is 1.03 bits per heavy atom. The first kappa shape index (κ1) is 25.5. The van der Waals surface area contributed by atoms with Crippen LogP contribution in [0.1, 0.15) is 71.4 Å². The van der Waals surface area contributed by atoms with Crippen molar-refractivity contribution in [2.24, 2.45) is 0 Å². The smallest absolute Gasteiger partial charge is 0.415 e. The van der Waals surface area contributed by atoms with Crippen LogP contribution in [-0.2, 0) is 5.41 Å². The Bertz CT molecular complexity index is 1060. The summed E-state index contributed by atoms with van der Waals surface area (Å²) in [7, 11) is 0. The van der Waals surface area contributed by atoms with E-state index >= 15 is 0 Å². The second kappa shape index (κ2) is 11.4. The first-order chi connectivity index (χ1) is 16.3. The van der Waals surface area contributed by atoms with E-state index in [0.717, 1.165) is 37.8 Å². The Hall–Kier alpha value is -3.08. The number of unbranched alkanes of at least 4 members (excludes halogenated alkanes) is 2. The van der Waals surface area contributed by atoms with Crippen molar-refractivity contribution in [1.29, 1.82) is 0 Å². The zero-order valence-corrected chi connectivity index (χ0v) is 21.3. The molecule has 0 aromatic heterocycles. The van der Waals surface area contributed by atoms with Crippen LogP contribution in [0.5, 0.6) is 11.5 Å². The third kappa shape index (κ3) is 5.52. The number of nitrogens with zero attached hydrogens (tertiary/aromatic N) is 2. The van der Waals surface area contributed by atoms with Crippen LogP contribution in [0.15, 0.2) is 48.5 Å². The van der Waals surface area contributed by atoms with Crippen LogP contribution in [0, 0.1) is 0 Å². The highest BCUT2D eigenvalue weighted by Crippen LogP contribution is 2.40. The number of phenolic OH excluding ortho intramolecular Hbond substituents is 1. The average Bonchev–Trinajstić information content (AvgIpc) is 3.05. The molecule has 3 rings (SSSR count). The molecule has 0 aliphatic carbocycles. The lowest BCUT2D eigenvalue weighted by molar-refractivity contribution is -0.433. The minimum absolute atomic E-state index is 0.0345. The molecular weight excluding hydrogens is 424 g/mol. The molecule has 2 aromatic rings. The molecule has 0 unspecified atom stereocenters. The Morgan fingerprint density at radius 3 is 2.32 bits per heavy atom. The van der Waals surface area contributed by atoms with Crippen LogP contribution in [-0.4, -0.2) is 46.0 Å². The van der Waals surface area contributed by atoms with Gasteiger partial charge in [0.05, 0.1) is 5.41 Å². The number of para-hydroxylation sites is 1. The fraction of sp³-hybridized carbons (Fsp3) is 0.448. The lowest BCUT2D eigenvalue weighted by Crippen LogP contribution is -2.35. The van der Waals surface area contributed by atoms with Crippen molar-refractivity contribution in [3.63, 3.8) is 0 Å². The van der Waals surface area contributed by atoms with E-state index in [2.05, 4.69) is 69.5 Å². The number of hydrogen-bond acceptors (Lipinski definition) is 3. The van der Waals surface area contributed by atoms with Gasteiger partial charge in [-0.3, -0.25) is 0 Å². The monoisotopic (exact) mass is 463 g/mol. The minimum Gasteiger partial charge on any atom is -0.504 e. The molecule has 0 atom stereocenters. The fourth-order valence-electron chi connectivity index (χ4n) is 4.53. The number of fused-ring (bicyclic) bond motifs is 1. The molecule has 34 heavy (non-hydrogen) atoms. The van der Waals surface area contributed by atoms with E-state index in [1.807, 2.05) is 12.1 Å². The van der Waals surface area contributed by atoms with Crippen LogP contribution in [0.25, 0.3) is 6.08 Å². The number of amides is 1. The standard InChI is InChI=1S/C29H38N2O3/c1-6-9-19-30(20-10-7-2)28(33)34-26-17-15-22(21-25(26)32)16-18-27-29(4,5)23-13-11-12-14-24(23)31(27)8-3/h11-18,21H,6-10,19-20H2,1-5H3/p+1. The minimum atomic E-state index is -0.403. The van der Waals surface area contributed by atoms with Crippen LogP contribution in [0.4, 0.5) is 10.5 Å². The molecule has 0 fully saturated rings. The molecule has 1 amide bonds. The topological polar surface area (TPSA) is 52.8 Å². The molecule has 2 aromatic carbocycles. The Kier molecular flexibility index (Phi) is 8.54. The Labute approximate surface area is 204 Å². The quantitative estimate of drug-likeness (QED) is 0.390. The number of allylic oxidation sites excluding steroid dienone is 1. The Balaban J connectivity index is 1.77. The number of phenols is 1. The fourth-order valence-corrected chi connectivity index (χ4v) is 4.53. The number of aromatic hydroxyl groups is 1. The largest absolute Gasteiger partial charge is 0.504 e. The van der Waals surface area contributed by atoms with E-state index in [0.29, 0.717) is 13.1 Å². The number of benzene rings is 2. The summed E-state index contributed by atoms with van der Waals surface area (Å²) in [5.74, 6) is 0.157. The molecule has 0 radical (unpaired) electrons. The van der Waals surface area contributed by atoms with Gasteiger partial charge in [0.15, 0.2) is 17.2 Å². The molecule has 0 saturated heterocycles. The van der Waals surface area contributed by atoms with Gasteiger partial charge in [-0.05, 0) is 57.4 Å². The summed E-state index contributed by atoms with van der Waals surface area (Å²) < 4.78 is 7.88. The molecule has 5 nitrogen and oxygen atoms in total. The normalized spacial score (nSPS) is 14.5. The molecule has 1 aliphatic heterocycles. The van der Waals surface area contributed by atoms with Crippen LogP contribution < -0.4 is 4.74 Å². The molecule has 5 heteroatoms. The predicted octanol–water partition coefficient (Wildman–Crippen LogP) is 6.90. The van der Waals surface area contributed by atoms with Crippen LogP contribution >= 0.6 is 0 Å². The number of carbonyl (C=O) groups excluding carboxylic acids is 1. The second-order valence-corrected chi connectivity index (χ2v) is 9.39. The van der Waals surface area contributed by atoms with Gasteiger partial charge in [0.1, 0.15) is 6.54 Å². The van der Waals surface area contributed by atoms with E-state index in [4.69, 9.17) is 4.74 Å². The van der Waals surface area contributed by atoms with Crippen molar-refractivity contribution in [2.45, 2.75) is 65.7 Å². The lowest BCUT2D eigenvalue weighted by atomic mass is 9.81. The van der Waals surface area contributed by atoms with Gasteiger partial charge in [-0.1, -0.05) is 51.0 Å². The second-order valence-electron chi connectivity index (χ2n) is 9.39. The van der Waals surface area contributed by atoms with Crippen molar-refractivity contribution in [3.05, 3.63) is 59.7 Å². The third-order valence-electron chi connectivity index (χ3n) is 6.55. The van der Waals surface area contributed by atoms with Crippen molar-refractivity contribution < 1.29 is 19.2 Å². The first-order valence-electron chi connectivity index (χ1n) is 12.6. The van der Waals surface area contributed by atoms with Crippen LogP contribution in [0.3, 0.4) is 0 Å². The highest BCUT2D eigenvalue weighted by molar-refractivity contribution is 6.05. The van der Waals surface area contributed by atoms with E-state index in [1.165, 1.54) is 17.0 Å². The maximum atomic E-state index is 12.7. The summed E-state index contributed by atoms with van der Waals surface area (Å²) in [6.45, 7) is 13.1. The molecule has 1 heterocycles. The highest BCUT2D eigenvalue weighted by atomic mass is 16.6. The van der Waals surface area contributed by atoms with E-state index < -0.39 is 6.09 Å². The van der Waals surface area contributed by atoms with Gasteiger partial charge in [-0.15, -0.1) is 0 Å². The molecule has 1 aliphatic rings. The number of carbonyl (C=O) groups is 1. The van der Waals surface area contributed by atoms with Gasteiger partial charge in [-0.2, -0.15) is 4.58 Å². The molecule has 1 N–H and O–H groups in total. The van der Waals surface area contributed by atoms with Crippen LogP contribution in [0.2, 0.25) is 0 Å². The molecule has 182 valence electrons. The van der Waals surface area contributed by atoms with Gasteiger partial charge in [-0.25, -0.2) is 4.79 Å². The molecule has 0 bridgehead atoms. The summed E-state index contributed by atoms with van der Waals surface area (Å²) in [5.41, 5.74) is 4.52. The van der Waals surface area contributed by atoms with Crippen molar-refractivity contribution in [2.75, 3.05) is 19.6 Å². The van der Waals surface area contributed by atoms with Gasteiger partial charge in [0.25, 0.3) is 0 Å². The molecule has 0 spiro atoms. The van der Waals surface area contributed by atoms with Gasteiger partial charge >= 0.3 is 6.09 Å². The van der Waals surface area contributed by atoms with E-state index in [-0.39, 0.29) is 16.9 Å². The zero-order valence-electron chi connectivity index (χ0n) is 21.3. The van der Waals surface area contributed by atoms with Gasteiger partial charge in [0, 0.05) is 30.8 Å². The average molecular weight is 464 g/mol. The lowest BCUT2D eigenvalue weighted by Gasteiger charge is -2.21. The maximum Gasteiger partial charge on any atom is 0.415 e. The molecule has 0 saturated carbocycles. The summed E-state index contributed by atoms with van der Waals surface area (Å²) in [5, 5.41) is 10.6. The van der Waals surface area contributed by atoms with Crippen molar-refractivity contribution >= 4 is 23.6 Å². The summed E-state index contributed by atoms with van der Waals surface area (Å²) in [6.07, 6.45) is 7.62. The van der Waals surface area contributed by atoms with Crippen molar-refractivity contribution in [3.8, 4) is 11.5 Å². The zero-order chi connectivity index (χ0) is 24.7. The van der Waals surface area contributed by atoms with E-state index in [9.17, 15) is 9.90 Å². The van der Waals surface area contributed by atoms with Gasteiger partial charge < -0.3 is 14.7 Å². The maximum absolute atomic E-state index is 12.7. The highest BCUT2D eigenvalue weighted by Gasteiger charge is 2.43. The summed E-state index contributed by atoms with van der Waals surface area (Å²) in [6, 6.07) is 13.7. The van der Waals surface area contributed by atoms with E-state index in [1.54, 1.807) is 17.0 Å². The third-order valence-corrected chi connectivity index (χ3v) is 6.55. The van der Waals surface area contributed by atoms with Crippen molar-refractivity contribution in [1.82, 2.24) is 4.90 Å². The molecular formula is C29H39N2O3+. The summed E-state index contributed by atoms with van der Waals surface area (Å²) in [4.78, 5) is 14.4. The SMILES string of the molecule is CCCCN(CCCC)C(=O)Oc1ccc(C=CC2=[N+](CC)c3ccccc3C2(C)C)cc1O. The Morgan fingerprint density at radius 2 is 1.71 bits per heavy atom. The predicted molar refractivity (Wildman–Crippen MR) is 139 cm³/mol. The number of ether oxygens (including phenoxy) is 1.